The van der Waals surface area contributed by atoms with Crippen LogP contribution in [0.5, 0.6) is 5.75 Å². The number of allylic oxidation sites excluding steroid dienone is 2. The number of anilines is 1. The maximum atomic E-state index is 15.4. The van der Waals surface area contributed by atoms with Crippen molar-refractivity contribution in [1.29, 1.82) is 0 Å². The third kappa shape index (κ3) is 4.57. The Morgan fingerprint density at radius 1 is 0.765 bits per heavy atom. The van der Waals surface area contributed by atoms with Crippen LogP contribution in [-0.2, 0) is 24.6 Å². The van der Waals surface area contributed by atoms with Crippen molar-refractivity contribution in [2.24, 2.45) is 23.7 Å². The Labute approximate surface area is 297 Å². The number of imide groups is 2. The standard InChI is InChI=1S/C43H41N3O5/c1-25-16-19-28(20-17-25)44-46-40(49)35-24-34-31(22-23-32-36(34)41(50)45(39(32)48)29-13-6-3-7-14-29)37(43(35,42(46)51)27-11-4-2-5-12-27)33-21-18-26-10-8-9-15-30(26)38(33)47/h2,4-5,8-12,15-22,29,32,34-37,44,47H,3,6-7,13-14,23-24H2,1H3. The first-order valence-electron chi connectivity index (χ1n) is 18.4. The number of phenolic OH excluding ortho intramolecular Hbond substituents is 1. The predicted molar refractivity (Wildman–Crippen MR) is 193 cm³/mol. The van der Waals surface area contributed by atoms with Crippen molar-refractivity contribution < 1.29 is 24.3 Å². The number of nitrogens with one attached hydrogen (secondary N) is 1. The van der Waals surface area contributed by atoms with Crippen LogP contribution in [0.25, 0.3) is 10.8 Å². The number of rotatable bonds is 5. The lowest BCUT2D eigenvalue weighted by atomic mass is 9.49. The lowest BCUT2D eigenvalue weighted by Crippen LogP contribution is -2.53. The predicted octanol–water partition coefficient (Wildman–Crippen LogP) is 7.17. The van der Waals surface area contributed by atoms with Gasteiger partial charge < -0.3 is 5.11 Å². The Morgan fingerprint density at radius 3 is 2.25 bits per heavy atom. The summed E-state index contributed by atoms with van der Waals surface area (Å²) in [6.07, 6.45) is 7.42. The van der Waals surface area contributed by atoms with Crippen molar-refractivity contribution in [3.63, 3.8) is 0 Å². The first-order chi connectivity index (χ1) is 24.8. The smallest absolute Gasteiger partial charge is 0.260 e. The summed E-state index contributed by atoms with van der Waals surface area (Å²) in [4.78, 5) is 60.5. The number of fused-ring (bicyclic) bond motifs is 5. The normalized spacial score (nSPS) is 29.2. The summed E-state index contributed by atoms with van der Waals surface area (Å²) in [7, 11) is 0. The van der Waals surface area contributed by atoms with Gasteiger partial charge in [-0.15, -0.1) is 0 Å². The van der Waals surface area contributed by atoms with E-state index in [0.717, 1.165) is 48.6 Å². The van der Waals surface area contributed by atoms with Crippen LogP contribution in [0.4, 0.5) is 5.69 Å². The fourth-order valence-electron chi connectivity index (χ4n) is 10.3. The molecule has 258 valence electrons. The van der Waals surface area contributed by atoms with E-state index in [0.29, 0.717) is 28.6 Å². The first-order valence-corrected chi connectivity index (χ1v) is 18.4. The quantitative estimate of drug-likeness (QED) is 0.171. The molecule has 5 aliphatic rings. The van der Waals surface area contributed by atoms with Crippen LogP contribution < -0.4 is 5.43 Å². The van der Waals surface area contributed by atoms with Crippen LogP contribution in [0.1, 0.15) is 67.6 Å². The number of carbonyl (C=O) groups excluding carboxylic acids is 4. The molecule has 0 spiro atoms. The Balaban J connectivity index is 1.25. The number of hydrazine groups is 1. The van der Waals surface area contributed by atoms with E-state index in [2.05, 4.69) is 11.5 Å². The zero-order valence-corrected chi connectivity index (χ0v) is 28.6. The molecular weight excluding hydrogens is 638 g/mol. The molecular formula is C43H41N3O5. The highest BCUT2D eigenvalue weighted by Gasteiger charge is 2.70. The molecule has 4 amide bonds. The maximum absolute atomic E-state index is 15.4. The third-order valence-electron chi connectivity index (χ3n) is 12.6. The molecule has 6 unspecified atom stereocenters. The zero-order valence-electron chi connectivity index (χ0n) is 28.6. The summed E-state index contributed by atoms with van der Waals surface area (Å²) >= 11 is 0. The van der Waals surface area contributed by atoms with Gasteiger partial charge in [0, 0.05) is 22.9 Å². The third-order valence-corrected chi connectivity index (χ3v) is 12.6. The van der Waals surface area contributed by atoms with Crippen molar-refractivity contribution in [3.05, 3.63) is 119 Å². The molecule has 2 heterocycles. The first kappa shape index (κ1) is 31.7. The second kappa shape index (κ2) is 11.9. The molecule has 4 aromatic rings. The van der Waals surface area contributed by atoms with Gasteiger partial charge in [0.15, 0.2) is 0 Å². The molecule has 2 aliphatic heterocycles. The van der Waals surface area contributed by atoms with Gasteiger partial charge in [0.05, 0.1) is 28.9 Å². The Morgan fingerprint density at radius 2 is 1.49 bits per heavy atom. The number of aromatic hydroxyl groups is 1. The van der Waals surface area contributed by atoms with E-state index in [9.17, 15) is 19.5 Å². The fourth-order valence-corrected chi connectivity index (χ4v) is 10.3. The average molecular weight is 680 g/mol. The van der Waals surface area contributed by atoms with E-state index in [4.69, 9.17) is 0 Å². The van der Waals surface area contributed by atoms with E-state index < -0.39 is 40.9 Å². The fraction of sp³-hybridized carbons (Fsp3) is 0.349. The van der Waals surface area contributed by atoms with Crippen molar-refractivity contribution in [1.82, 2.24) is 9.91 Å². The molecule has 2 saturated carbocycles. The van der Waals surface area contributed by atoms with Crippen molar-refractivity contribution in [3.8, 4) is 5.75 Å². The Hall–Kier alpha value is -5.24. The summed E-state index contributed by atoms with van der Waals surface area (Å²) in [5.74, 6) is -4.20. The Kier molecular flexibility index (Phi) is 7.42. The number of hydrogen-bond acceptors (Lipinski definition) is 6. The number of amides is 4. The number of benzene rings is 4. The monoisotopic (exact) mass is 679 g/mol. The van der Waals surface area contributed by atoms with Gasteiger partial charge in [0.25, 0.3) is 11.8 Å². The largest absolute Gasteiger partial charge is 0.507 e. The summed E-state index contributed by atoms with van der Waals surface area (Å²) < 4.78 is 0. The number of nitrogens with zero attached hydrogens (tertiary/aromatic N) is 2. The molecule has 8 heteroatoms. The highest BCUT2D eigenvalue weighted by atomic mass is 16.3. The molecule has 2 saturated heterocycles. The van der Waals surface area contributed by atoms with Gasteiger partial charge in [-0.3, -0.25) is 29.5 Å². The minimum absolute atomic E-state index is 0.0543. The summed E-state index contributed by atoms with van der Waals surface area (Å²) in [6, 6.07) is 28.3. The van der Waals surface area contributed by atoms with Crippen molar-refractivity contribution in [2.45, 2.75) is 69.2 Å². The van der Waals surface area contributed by atoms with Crippen LogP contribution in [0.2, 0.25) is 0 Å². The molecule has 6 atom stereocenters. The van der Waals surface area contributed by atoms with E-state index >= 15 is 4.79 Å². The van der Waals surface area contributed by atoms with Gasteiger partial charge in [0.2, 0.25) is 11.8 Å². The maximum Gasteiger partial charge on any atom is 0.260 e. The highest BCUT2D eigenvalue weighted by molar-refractivity contribution is 6.13. The van der Waals surface area contributed by atoms with Crippen LogP contribution >= 0.6 is 0 Å². The Bertz CT molecular complexity index is 2120. The van der Waals surface area contributed by atoms with E-state index in [1.54, 1.807) is 4.90 Å². The molecule has 8 nitrogen and oxygen atoms in total. The molecule has 4 fully saturated rings. The van der Waals surface area contributed by atoms with Crippen LogP contribution in [0.15, 0.2) is 103 Å². The minimum Gasteiger partial charge on any atom is -0.507 e. The van der Waals surface area contributed by atoms with Gasteiger partial charge >= 0.3 is 0 Å². The molecule has 4 aromatic carbocycles. The number of carbonyl (C=O) groups is 4. The minimum atomic E-state index is -1.43. The van der Waals surface area contributed by atoms with Crippen molar-refractivity contribution in [2.75, 3.05) is 5.43 Å². The lowest BCUT2D eigenvalue weighted by Gasteiger charge is -2.50. The van der Waals surface area contributed by atoms with Gasteiger partial charge in [-0.05, 0) is 61.6 Å². The average Bonchev–Trinajstić information content (AvgIpc) is 3.54. The molecule has 0 aromatic heterocycles. The number of aryl methyl sites for hydroxylation is 1. The highest BCUT2D eigenvalue weighted by Crippen LogP contribution is 2.65. The van der Waals surface area contributed by atoms with Gasteiger partial charge in [0.1, 0.15) is 5.75 Å². The molecule has 0 bridgehead atoms. The van der Waals surface area contributed by atoms with Gasteiger partial charge in [-0.2, -0.15) is 5.01 Å². The SMILES string of the molecule is Cc1ccc(NN2C(=O)C3CC4C(=CCC5C(=O)N(C6CCCCC6)C(=O)C54)C(c4ccc5ccccc5c4O)C3(c3ccccc3)C2=O)cc1. The molecule has 3 aliphatic carbocycles. The molecule has 2 N–H and O–H groups in total. The van der Waals surface area contributed by atoms with Crippen LogP contribution in [0, 0.1) is 30.6 Å². The molecule has 51 heavy (non-hydrogen) atoms. The lowest BCUT2D eigenvalue weighted by molar-refractivity contribution is -0.144. The van der Waals surface area contributed by atoms with Crippen LogP contribution in [0.3, 0.4) is 0 Å². The van der Waals surface area contributed by atoms with Gasteiger partial charge in [-0.25, -0.2) is 0 Å². The second-order valence-corrected chi connectivity index (χ2v) is 15.2. The topological polar surface area (TPSA) is 107 Å². The van der Waals surface area contributed by atoms with Gasteiger partial charge in [-0.1, -0.05) is 115 Å². The summed E-state index contributed by atoms with van der Waals surface area (Å²) in [6.45, 7) is 1.97. The molecule has 0 radical (unpaired) electrons. The summed E-state index contributed by atoms with van der Waals surface area (Å²) in [5, 5.41) is 14.8. The molecule has 9 rings (SSSR count). The zero-order chi connectivity index (χ0) is 35.0. The van der Waals surface area contributed by atoms with E-state index in [-0.39, 0.29) is 35.9 Å². The number of hydrogen-bond donors (Lipinski definition) is 2. The van der Waals surface area contributed by atoms with Crippen LogP contribution in [-0.4, -0.2) is 44.7 Å². The summed E-state index contributed by atoms with van der Waals surface area (Å²) in [5.41, 5.74) is 5.44. The second-order valence-electron chi connectivity index (χ2n) is 15.2. The van der Waals surface area contributed by atoms with Crippen molar-refractivity contribution >= 4 is 40.1 Å². The van der Waals surface area contributed by atoms with E-state index in [1.807, 2.05) is 97.9 Å². The van der Waals surface area contributed by atoms with E-state index in [1.165, 1.54) is 5.01 Å². The number of phenols is 1. The number of likely N-dealkylation sites (tertiary alicyclic amines) is 1.